The molecule has 5 fully saturated rings. The molecule has 132 valence electrons. The minimum Gasteiger partial charge on any atom is -0.283 e. The molecule has 5 heteroatoms. The second-order valence-corrected chi connectivity index (χ2v) is 10.8. The maximum atomic E-state index is 15.9. The summed E-state index contributed by atoms with van der Waals surface area (Å²) < 4.78 is 49.8. The van der Waals surface area contributed by atoms with Gasteiger partial charge in [-0.3, -0.25) is 4.55 Å². The number of hydrogen-bond acceptors (Lipinski definition) is 2. The molecule has 0 radical (unpaired) electrons. The van der Waals surface area contributed by atoms with Crippen molar-refractivity contribution in [1.82, 2.24) is 0 Å². The fourth-order valence-electron chi connectivity index (χ4n) is 7.00. The fourth-order valence-corrected chi connectivity index (χ4v) is 8.14. The first kappa shape index (κ1) is 16.3. The van der Waals surface area contributed by atoms with E-state index < -0.39 is 21.0 Å². The van der Waals surface area contributed by atoms with E-state index in [1.807, 2.05) is 0 Å². The zero-order chi connectivity index (χ0) is 16.3. The van der Waals surface area contributed by atoms with Gasteiger partial charge in [-0.05, 0) is 74.5 Å². The van der Waals surface area contributed by atoms with Crippen LogP contribution in [0.15, 0.2) is 0 Å². The minimum atomic E-state index is -4.67. The van der Waals surface area contributed by atoms with Gasteiger partial charge in [0.05, 0.1) is 0 Å². The Hall–Kier alpha value is -0.160. The molecule has 5 aliphatic carbocycles. The zero-order valence-electron chi connectivity index (χ0n) is 13.8. The van der Waals surface area contributed by atoms with E-state index in [1.54, 1.807) is 0 Å². The van der Waals surface area contributed by atoms with Crippen LogP contribution in [-0.2, 0) is 10.1 Å². The summed E-state index contributed by atoms with van der Waals surface area (Å²) in [6.07, 6.45) is 10.8. The maximum absolute atomic E-state index is 15.9. The van der Waals surface area contributed by atoms with Crippen molar-refractivity contribution in [2.45, 2.75) is 82.1 Å². The van der Waals surface area contributed by atoms with Crippen molar-refractivity contribution in [1.29, 1.82) is 0 Å². The predicted molar refractivity (Wildman–Crippen MR) is 87.2 cm³/mol. The summed E-state index contributed by atoms with van der Waals surface area (Å²) in [6, 6.07) is 0. The van der Waals surface area contributed by atoms with Crippen molar-refractivity contribution in [2.75, 3.05) is 0 Å². The molecule has 0 spiro atoms. The highest BCUT2D eigenvalue weighted by Gasteiger charge is 2.59. The predicted octanol–water partition coefficient (Wildman–Crippen LogP) is 4.73. The first-order chi connectivity index (χ1) is 10.8. The van der Waals surface area contributed by atoms with E-state index in [2.05, 4.69) is 0 Å². The highest BCUT2D eigenvalue weighted by atomic mass is 32.2. The van der Waals surface area contributed by atoms with Crippen LogP contribution in [0.25, 0.3) is 0 Å². The second-order valence-electron chi connectivity index (χ2n) is 9.19. The number of alkyl halides is 1. The van der Waals surface area contributed by atoms with Crippen molar-refractivity contribution in [2.24, 2.45) is 29.1 Å². The number of halogens is 1. The van der Waals surface area contributed by atoms with E-state index in [4.69, 9.17) is 0 Å². The van der Waals surface area contributed by atoms with Crippen molar-refractivity contribution in [3.05, 3.63) is 0 Å². The number of rotatable bonds is 4. The van der Waals surface area contributed by atoms with E-state index in [1.165, 1.54) is 19.3 Å². The Morgan fingerprint density at radius 1 is 0.957 bits per heavy atom. The monoisotopic (exact) mass is 344 g/mol. The molecule has 5 saturated carbocycles. The van der Waals surface area contributed by atoms with Gasteiger partial charge in [-0.1, -0.05) is 19.3 Å². The quantitative estimate of drug-likeness (QED) is 0.750. The van der Waals surface area contributed by atoms with Gasteiger partial charge >= 0.3 is 10.1 Å². The molecule has 4 bridgehead atoms. The molecular weight excluding hydrogens is 315 g/mol. The van der Waals surface area contributed by atoms with Crippen LogP contribution < -0.4 is 0 Å². The molecule has 5 aliphatic rings. The van der Waals surface area contributed by atoms with Crippen molar-refractivity contribution in [3.63, 3.8) is 0 Å². The van der Waals surface area contributed by atoms with Gasteiger partial charge in [0.15, 0.2) is 0 Å². The Bertz CT molecular complexity index is 532. The molecule has 0 amide bonds. The van der Waals surface area contributed by atoms with Gasteiger partial charge in [-0.15, -0.1) is 0 Å². The van der Waals surface area contributed by atoms with E-state index >= 15 is 4.39 Å². The standard InChI is InChI=1S/C18H29FO3S/c19-18(23(20,21)22,16-4-2-1-3-5-16)12-17-9-13-6-14(10-17)8-15(7-13)11-17/h13-16H,1-12H2,(H,20,21,22). The Morgan fingerprint density at radius 3 is 1.87 bits per heavy atom. The van der Waals surface area contributed by atoms with Gasteiger partial charge in [0.1, 0.15) is 0 Å². The lowest BCUT2D eigenvalue weighted by atomic mass is 9.48. The summed E-state index contributed by atoms with van der Waals surface area (Å²) in [6.45, 7) is 0. The van der Waals surface area contributed by atoms with Gasteiger partial charge in [-0.2, -0.15) is 8.42 Å². The van der Waals surface area contributed by atoms with Crippen molar-refractivity contribution >= 4 is 10.1 Å². The lowest BCUT2D eigenvalue weighted by Crippen LogP contribution is -2.52. The molecule has 0 saturated heterocycles. The van der Waals surface area contributed by atoms with E-state index in [0.29, 0.717) is 30.6 Å². The van der Waals surface area contributed by atoms with Gasteiger partial charge in [0.25, 0.3) is 0 Å². The molecular formula is C18H29FO3S. The van der Waals surface area contributed by atoms with Crippen LogP contribution in [0.2, 0.25) is 0 Å². The Balaban J connectivity index is 1.63. The fraction of sp³-hybridized carbons (Fsp3) is 1.00. The summed E-state index contributed by atoms with van der Waals surface area (Å²) in [5, 5.41) is -2.42. The summed E-state index contributed by atoms with van der Waals surface area (Å²) >= 11 is 0. The molecule has 0 aromatic rings. The van der Waals surface area contributed by atoms with Gasteiger partial charge in [0, 0.05) is 12.3 Å². The van der Waals surface area contributed by atoms with E-state index in [9.17, 15) is 13.0 Å². The molecule has 0 aromatic carbocycles. The third-order valence-corrected chi connectivity index (χ3v) is 8.76. The highest BCUT2D eigenvalue weighted by Crippen LogP contribution is 2.63. The zero-order valence-corrected chi connectivity index (χ0v) is 14.7. The highest BCUT2D eigenvalue weighted by molar-refractivity contribution is 7.87. The first-order valence-corrected chi connectivity index (χ1v) is 10.9. The van der Waals surface area contributed by atoms with Crippen LogP contribution in [0.4, 0.5) is 4.39 Å². The molecule has 3 nitrogen and oxygen atoms in total. The van der Waals surface area contributed by atoms with Crippen LogP contribution in [0.5, 0.6) is 0 Å². The third-order valence-electron chi connectivity index (χ3n) is 7.42. The molecule has 0 aromatic heterocycles. The summed E-state index contributed by atoms with van der Waals surface area (Å²) in [4.78, 5) is 0. The second kappa shape index (κ2) is 5.42. The minimum absolute atomic E-state index is 0.0486. The maximum Gasteiger partial charge on any atom is 0.300 e. The smallest absolute Gasteiger partial charge is 0.283 e. The molecule has 5 rings (SSSR count). The normalized spacial score (nSPS) is 43.5. The SMILES string of the molecule is O=S(=O)(O)C(F)(CC12CC3CC(CC(C3)C1)C2)C1CCCCC1. The molecule has 0 heterocycles. The van der Waals surface area contributed by atoms with Crippen molar-refractivity contribution < 1.29 is 17.4 Å². The Labute approximate surface area is 139 Å². The molecule has 0 aliphatic heterocycles. The van der Waals surface area contributed by atoms with Crippen molar-refractivity contribution in [3.8, 4) is 0 Å². The molecule has 1 N–H and O–H groups in total. The van der Waals surface area contributed by atoms with Crippen LogP contribution >= 0.6 is 0 Å². The number of hydrogen-bond donors (Lipinski definition) is 1. The van der Waals surface area contributed by atoms with Crippen LogP contribution in [-0.4, -0.2) is 18.0 Å². The first-order valence-electron chi connectivity index (χ1n) is 9.46. The largest absolute Gasteiger partial charge is 0.300 e. The van der Waals surface area contributed by atoms with Crippen LogP contribution in [0.1, 0.15) is 77.0 Å². The Morgan fingerprint density at radius 2 is 1.43 bits per heavy atom. The van der Waals surface area contributed by atoms with E-state index in [0.717, 1.165) is 38.5 Å². The van der Waals surface area contributed by atoms with Gasteiger partial charge < -0.3 is 0 Å². The summed E-state index contributed by atoms with van der Waals surface area (Å²) in [5.74, 6) is 1.48. The topological polar surface area (TPSA) is 54.4 Å². The third kappa shape index (κ3) is 2.76. The lowest BCUT2D eigenvalue weighted by Gasteiger charge is -2.58. The summed E-state index contributed by atoms with van der Waals surface area (Å²) in [5.41, 5.74) is -0.170. The van der Waals surface area contributed by atoms with Gasteiger partial charge in [0.2, 0.25) is 5.00 Å². The average Bonchev–Trinajstić information content (AvgIpc) is 2.45. The molecule has 23 heavy (non-hydrogen) atoms. The van der Waals surface area contributed by atoms with E-state index in [-0.39, 0.29) is 11.8 Å². The molecule has 1 atom stereocenters. The van der Waals surface area contributed by atoms with Crippen LogP contribution in [0.3, 0.4) is 0 Å². The van der Waals surface area contributed by atoms with Gasteiger partial charge in [-0.25, -0.2) is 4.39 Å². The molecule has 1 unspecified atom stereocenters. The summed E-state index contributed by atoms with van der Waals surface area (Å²) in [7, 11) is -4.67. The lowest BCUT2D eigenvalue weighted by molar-refractivity contribution is -0.0818. The van der Waals surface area contributed by atoms with Crippen LogP contribution in [0, 0.1) is 29.1 Å². The Kier molecular flexibility index (Phi) is 3.84. The average molecular weight is 344 g/mol.